The Bertz CT molecular complexity index is 104. The molecular weight excluding hydrogens is 178 g/mol. The molecule has 0 aromatic rings. The van der Waals surface area contributed by atoms with Crippen LogP contribution in [0.5, 0.6) is 0 Å². The summed E-state index contributed by atoms with van der Waals surface area (Å²) in [6.45, 7) is 3.14. The van der Waals surface area contributed by atoms with Crippen molar-refractivity contribution < 1.29 is 0 Å². The summed E-state index contributed by atoms with van der Waals surface area (Å²) in [6, 6.07) is 0. The minimum Gasteiger partial charge on any atom is -0.220 e. The average molecular weight is 201 g/mol. The predicted octanol–water partition coefficient (Wildman–Crippen LogP) is 4.25. The van der Waals surface area contributed by atoms with Gasteiger partial charge in [-0.3, -0.25) is 0 Å². The van der Waals surface area contributed by atoms with Gasteiger partial charge >= 0.3 is 0 Å². The van der Waals surface area contributed by atoms with Gasteiger partial charge in [-0.25, -0.2) is 4.36 Å². The first-order chi connectivity index (χ1) is 6.41. The fraction of sp³-hybridized carbons (Fsp3) is 1.00. The normalized spacial score (nSPS) is 10.2. The first-order valence-corrected chi connectivity index (χ1v) is 6.07. The maximum Gasteiger partial charge on any atom is 0.0521 e. The quantitative estimate of drug-likeness (QED) is 0.481. The van der Waals surface area contributed by atoms with Crippen molar-refractivity contribution in [2.24, 2.45) is 4.36 Å². The molecule has 0 aliphatic rings. The molecule has 0 aromatic heterocycles. The lowest BCUT2D eigenvalue weighted by molar-refractivity contribution is 0.567. The summed E-state index contributed by atoms with van der Waals surface area (Å²) < 4.78 is 3.68. The summed E-state index contributed by atoms with van der Waals surface area (Å²) in [4.78, 5) is 0. The van der Waals surface area contributed by atoms with Crippen LogP contribution in [0.25, 0.3) is 0 Å². The van der Waals surface area contributed by atoms with E-state index in [1.807, 2.05) is 0 Å². The zero-order valence-electron chi connectivity index (χ0n) is 8.93. The second kappa shape index (κ2) is 12.0. The highest BCUT2D eigenvalue weighted by atomic mass is 32.1. The van der Waals surface area contributed by atoms with Gasteiger partial charge in [0.15, 0.2) is 0 Å². The Labute approximate surface area is 88.5 Å². The third kappa shape index (κ3) is 12.0. The van der Waals surface area contributed by atoms with Crippen LogP contribution < -0.4 is 0 Å². The SMILES string of the molecule is CCCCCCCCCCCN=S. The van der Waals surface area contributed by atoms with Gasteiger partial charge in [-0.15, -0.1) is 0 Å². The van der Waals surface area contributed by atoms with Crippen LogP contribution in [0.2, 0.25) is 0 Å². The molecule has 13 heavy (non-hydrogen) atoms. The van der Waals surface area contributed by atoms with Crippen LogP contribution in [0.4, 0.5) is 0 Å². The summed E-state index contributed by atoms with van der Waals surface area (Å²) >= 11 is 4.53. The number of unbranched alkanes of at least 4 members (excludes halogenated alkanes) is 8. The number of nitrogens with zero attached hydrogens (tertiary/aromatic N) is 1. The first-order valence-electron chi connectivity index (χ1n) is 5.71. The maximum atomic E-state index is 4.53. The van der Waals surface area contributed by atoms with E-state index < -0.39 is 0 Å². The summed E-state index contributed by atoms with van der Waals surface area (Å²) in [5.41, 5.74) is 0. The molecule has 0 bridgehead atoms. The molecule has 0 saturated carbocycles. The second-order valence-corrected chi connectivity index (χ2v) is 3.94. The number of rotatable bonds is 10. The number of hydrogen-bond acceptors (Lipinski definition) is 2. The summed E-state index contributed by atoms with van der Waals surface area (Å²) in [5, 5.41) is 0. The van der Waals surface area contributed by atoms with E-state index in [2.05, 4.69) is 23.7 Å². The summed E-state index contributed by atoms with van der Waals surface area (Å²) in [6.07, 6.45) is 12.3. The molecule has 0 aliphatic heterocycles. The first kappa shape index (κ1) is 13.0. The van der Waals surface area contributed by atoms with Crippen molar-refractivity contribution in [3.05, 3.63) is 0 Å². The van der Waals surface area contributed by atoms with Crippen molar-refractivity contribution >= 4 is 12.4 Å². The molecule has 0 atom stereocenters. The van der Waals surface area contributed by atoms with Crippen molar-refractivity contribution in [2.75, 3.05) is 6.54 Å². The van der Waals surface area contributed by atoms with Crippen LogP contribution in [0.3, 0.4) is 0 Å². The minimum atomic E-state index is 0.880. The van der Waals surface area contributed by atoms with E-state index >= 15 is 0 Å². The van der Waals surface area contributed by atoms with Gasteiger partial charge in [0.25, 0.3) is 0 Å². The highest BCUT2D eigenvalue weighted by Gasteiger charge is 1.90. The Morgan fingerprint density at radius 3 is 1.69 bits per heavy atom. The molecule has 0 N–H and O–H groups in total. The van der Waals surface area contributed by atoms with Gasteiger partial charge in [0.05, 0.1) is 6.54 Å². The van der Waals surface area contributed by atoms with Crippen LogP contribution in [-0.2, 0) is 12.4 Å². The fourth-order valence-corrected chi connectivity index (χ4v) is 1.62. The van der Waals surface area contributed by atoms with E-state index in [4.69, 9.17) is 0 Å². The molecule has 0 aromatic carbocycles. The minimum absolute atomic E-state index is 0.880. The molecule has 0 spiro atoms. The summed E-state index contributed by atoms with van der Waals surface area (Å²) in [5.74, 6) is 0. The van der Waals surface area contributed by atoms with Crippen LogP contribution >= 0.6 is 0 Å². The van der Waals surface area contributed by atoms with E-state index in [0.29, 0.717) is 0 Å². The molecule has 0 radical (unpaired) electrons. The largest absolute Gasteiger partial charge is 0.220 e. The fourth-order valence-electron chi connectivity index (χ4n) is 1.49. The third-order valence-electron chi connectivity index (χ3n) is 2.35. The molecule has 0 saturated heterocycles. The molecule has 2 heteroatoms. The molecule has 0 amide bonds. The monoisotopic (exact) mass is 201 g/mol. The lowest BCUT2D eigenvalue weighted by atomic mass is 10.1. The van der Waals surface area contributed by atoms with Crippen molar-refractivity contribution in [2.45, 2.75) is 64.7 Å². The molecule has 78 valence electrons. The average Bonchev–Trinajstić information content (AvgIpc) is 2.16. The predicted molar refractivity (Wildman–Crippen MR) is 61.9 cm³/mol. The van der Waals surface area contributed by atoms with E-state index in [9.17, 15) is 0 Å². The van der Waals surface area contributed by atoms with E-state index in [-0.39, 0.29) is 0 Å². The van der Waals surface area contributed by atoms with Crippen molar-refractivity contribution in [3.63, 3.8) is 0 Å². The van der Waals surface area contributed by atoms with Gasteiger partial charge in [0, 0.05) is 12.4 Å². The lowest BCUT2D eigenvalue weighted by Gasteiger charge is -1.99. The van der Waals surface area contributed by atoms with Crippen LogP contribution in [0.1, 0.15) is 64.7 Å². The smallest absolute Gasteiger partial charge is 0.0521 e. The van der Waals surface area contributed by atoms with Gasteiger partial charge in [0.1, 0.15) is 0 Å². The Morgan fingerprint density at radius 2 is 1.23 bits per heavy atom. The number of hydrogen-bond donors (Lipinski definition) is 0. The van der Waals surface area contributed by atoms with E-state index in [1.54, 1.807) is 0 Å². The zero-order chi connectivity index (χ0) is 9.78. The molecule has 0 aliphatic carbocycles. The van der Waals surface area contributed by atoms with Crippen molar-refractivity contribution in [1.29, 1.82) is 0 Å². The summed E-state index contributed by atoms with van der Waals surface area (Å²) in [7, 11) is 0. The van der Waals surface area contributed by atoms with Crippen LogP contribution in [0.15, 0.2) is 4.36 Å². The van der Waals surface area contributed by atoms with E-state index in [1.165, 1.54) is 57.8 Å². The van der Waals surface area contributed by atoms with Gasteiger partial charge < -0.3 is 0 Å². The Hall–Kier alpha value is 0.0200. The molecule has 0 heterocycles. The lowest BCUT2D eigenvalue weighted by Crippen LogP contribution is -1.82. The Morgan fingerprint density at radius 1 is 0.769 bits per heavy atom. The van der Waals surface area contributed by atoms with Crippen LogP contribution in [0, 0.1) is 0 Å². The van der Waals surface area contributed by atoms with Crippen molar-refractivity contribution in [1.82, 2.24) is 0 Å². The Kier molecular flexibility index (Phi) is 12.0. The van der Waals surface area contributed by atoms with E-state index in [0.717, 1.165) is 6.54 Å². The molecule has 1 nitrogen and oxygen atoms in total. The molecule has 0 fully saturated rings. The van der Waals surface area contributed by atoms with Gasteiger partial charge in [0.2, 0.25) is 0 Å². The van der Waals surface area contributed by atoms with Crippen molar-refractivity contribution in [3.8, 4) is 0 Å². The second-order valence-electron chi connectivity index (χ2n) is 3.68. The molecule has 0 unspecified atom stereocenters. The van der Waals surface area contributed by atoms with Gasteiger partial charge in [-0.1, -0.05) is 58.3 Å². The highest BCUT2D eigenvalue weighted by molar-refractivity contribution is 7.47. The highest BCUT2D eigenvalue weighted by Crippen LogP contribution is 2.09. The Balaban J connectivity index is 2.79. The molecular formula is C11H23NS. The third-order valence-corrected chi connectivity index (χ3v) is 2.54. The maximum absolute atomic E-state index is 4.53. The molecule has 0 rings (SSSR count). The van der Waals surface area contributed by atoms with Gasteiger partial charge in [-0.2, -0.15) is 0 Å². The van der Waals surface area contributed by atoms with Crippen LogP contribution in [-0.4, -0.2) is 6.54 Å². The topological polar surface area (TPSA) is 12.4 Å². The van der Waals surface area contributed by atoms with Gasteiger partial charge in [-0.05, 0) is 6.42 Å². The zero-order valence-corrected chi connectivity index (χ0v) is 9.74. The standard InChI is InChI=1S/C11H23NS/c1-2-3-4-5-6-7-8-9-10-11-12-13/h2-11H2,1H3.